The van der Waals surface area contributed by atoms with Crippen LogP contribution in [-0.2, 0) is 23.7 Å². The van der Waals surface area contributed by atoms with Crippen LogP contribution in [0.25, 0.3) is 0 Å². The molecule has 0 aliphatic carbocycles. The minimum absolute atomic E-state index is 0.312. The maximum atomic E-state index is 14.9. The van der Waals surface area contributed by atoms with Gasteiger partial charge in [0.05, 0.1) is 6.61 Å². The van der Waals surface area contributed by atoms with Gasteiger partial charge < -0.3 is 23.7 Å². The Morgan fingerprint density at radius 2 is 1.11 bits per heavy atom. The predicted octanol–water partition coefficient (Wildman–Crippen LogP) is 5.05. The van der Waals surface area contributed by atoms with Crippen molar-refractivity contribution in [3.05, 3.63) is 0 Å². The second-order valence-electron chi connectivity index (χ2n) is 7.52. The molecule has 0 aromatic heterocycles. The molecule has 0 spiro atoms. The first kappa shape index (κ1) is 25.8. The standard InChI is InChI=1S/C22H43FO5/c1-5-9-13-24-17-18-19(25-14-10-6-2)20(26-15-11-7-3)21(22(23)28-18)27-16-12-8-4/h18-22H,5-17H2,1-4H3/t18-,19-,20+,21-,22?/m1/s1. The van der Waals surface area contributed by atoms with Crippen molar-refractivity contribution in [1.82, 2.24) is 0 Å². The van der Waals surface area contributed by atoms with E-state index in [1.807, 2.05) is 0 Å². The molecule has 1 fully saturated rings. The first-order chi connectivity index (χ1) is 13.7. The number of hydrogen-bond donors (Lipinski definition) is 0. The van der Waals surface area contributed by atoms with E-state index >= 15 is 0 Å². The van der Waals surface area contributed by atoms with Crippen LogP contribution < -0.4 is 0 Å². The summed E-state index contributed by atoms with van der Waals surface area (Å²) in [5.74, 6) is 0. The fraction of sp³-hybridized carbons (Fsp3) is 1.00. The smallest absolute Gasteiger partial charge is 0.228 e. The van der Waals surface area contributed by atoms with Crippen LogP contribution in [0, 0.1) is 0 Å². The summed E-state index contributed by atoms with van der Waals surface area (Å²) < 4.78 is 44.4. The normalized spacial score (nSPS) is 28.0. The van der Waals surface area contributed by atoms with E-state index in [9.17, 15) is 4.39 Å². The lowest BCUT2D eigenvalue weighted by atomic mass is 9.98. The number of alkyl halides is 1. The van der Waals surface area contributed by atoms with Crippen molar-refractivity contribution in [3.8, 4) is 0 Å². The fourth-order valence-electron chi connectivity index (χ4n) is 3.10. The van der Waals surface area contributed by atoms with Gasteiger partial charge in [0.15, 0.2) is 0 Å². The van der Waals surface area contributed by atoms with Crippen molar-refractivity contribution in [3.63, 3.8) is 0 Å². The maximum Gasteiger partial charge on any atom is 0.228 e. The third-order valence-corrected chi connectivity index (χ3v) is 4.93. The Hall–Kier alpha value is -0.270. The summed E-state index contributed by atoms with van der Waals surface area (Å²) in [6.07, 6.45) is 4.20. The Bertz CT molecular complexity index is 358. The molecule has 5 nitrogen and oxygen atoms in total. The Morgan fingerprint density at radius 3 is 1.64 bits per heavy atom. The summed E-state index contributed by atoms with van der Waals surface area (Å²) in [4.78, 5) is 0. The summed E-state index contributed by atoms with van der Waals surface area (Å²) in [7, 11) is 0. The summed E-state index contributed by atoms with van der Waals surface area (Å²) in [6.45, 7) is 11.1. The highest BCUT2D eigenvalue weighted by Gasteiger charge is 2.48. The van der Waals surface area contributed by atoms with Gasteiger partial charge in [-0.15, -0.1) is 0 Å². The van der Waals surface area contributed by atoms with Crippen molar-refractivity contribution < 1.29 is 28.1 Å². The van der Waals surface area contributed by atoms with Crippen molar-refractivity contribution in [1.29, 1.82) is 0 Å². The molecular weight excluding hydrogens is 363 g/mol. The Morgan fingerprint density at radius 1 is 0.643 bits per heavy atom. The van der Waals surface area contributed by atoms with Crippen LogP contribution in [0.5, 0.6) is 0 Å². The van der Waals surface area contributed by atoms with Crippen molar-refractivity contribution in [2.45, 2.75) is 110 Å². The lowest BCUT2D eigenvalue weighted by Gasteiger charge is -2.43. The summed E-state index contributed by atoms with van der Waals surface area (Å²) in [6, 6.07) is 0. The third-order valence-electron chi connectivity index (χ3n) is 4.93. The molecule has 6 heteroatoms. The lowest BCUT2D eigenvalue weighted by Crippen LogP contribution is -2.60. The van der Waals surface area contributed by atoms with Gasteiger partial charge in [0, 0.05) is 26.4 Å². The predicted molar refractivity (Wildman–Crippen MR) is 109 cm³/mol. The molecule has 5 atom stereocenters. The van der Waals surface area contributed by atoms with E-state index in [0.29, 0.717) is 33.0 Å². The SMILES string of the molecule is CCCCOC[C@H]1OC(F)[C@H](OCCCC)[C@@H](OCCCC)[C@@H]1OCCCC. The number of unbranched alkanes of at least 4 members (excludes halogenated alkanes) is 4. The van der Waals surface area contributed by atoms with Crippen LogP contribution in [0.4, 0.5) is 4.39 Å². The minimum atomic E-state index is -1.53. The highest BCUT2D eigenvalue weighted by atomic mass is 19.1. The fourth-order valence-corrected chi connectivity index (χ4v) is 3.10. The van der Waals surface area contributed by atoms with Gasteiger partial charge >= 0.3 is 0 Å². The van der Waals surface area contributed by atoms with Crippen LogP contribution in [0.1, 0.15) is 79.1 Å². The van der Waals surface area contributed by atoms with Crippen molar-refractivity contribution in [2.24, 2.45) is 0 Å². The molecule has 1 rings (SSSR count). The Kier molecular flexibility index (Phi) is 15.2. The third kappa shape index (κ3) is 9.49. The number of ether oxygens (including phenoxy) is 5. The van der Waals surface area contributed by atoms with E-state index < -0.39 is 24.7 Å². The molecule has 0 aromatic carbocycles. The molecule has 1 aliphatic heterocycles. The van der Waals surface area contributed by atoms with E-state index in [0.717, 1.165) is 51.4 Å². The van der Waals surface area contributed by atoms with Crippen LogP contribution >= 0.6 is 0 Å². The van der Waals surface area contributed by atoms with Gasteiger partial charge in [-0.05, 0) is 25.7 Å². The zero-order valence-electron chi connectivity index (χ0n) is 18.5. The van der Waals surface area contributed by atoms with Crippen molar-refractivity contribution in [2.75, 3.05) is 33.0 Å². The molecule has 0 N–H and O–H groups in total. The van der Waals surface area contributed by atoms with E-state index in [4.69, 9.17) is 23.7 Å². The molecule has 1 heterocycles. The highest BCUT2D eigenvalue weighted by molar-refractivity contribution is 4.92. The Balaban J connectivity index is 2.84. The zero-order chi connectivity index (χ0) is 20.6. The zero-order valence-corrected chi connectivity index (χ0v) is 18.5. The van der Waals surface area contributed by atoms with Crippen LogP contribution in [0.2, 0.25) is 0 Å². The first-order valence-corrected chi connectivity index (χ1v) is 11.4. The number of rotatable bonds is 17. The van der Waals surface area contributed by atoms with E-state index in [1.165, 1.54) is 0 Å². The molecule has 0 amide bonds. The molecule has 0 aromatic rings. The van der Waals surface area contributed by atoms with Gasteiger partial charge in [-0.3, -0.25) is 0 Å². The topological polar surface area (TPSA) is 46.2 Å². The van der Waals surface area contributed by atoms with Crippen LogP contribution in [0.15, 0.2) is 0 Å². The van der Waals surface area contributed by atoms with Crippen LogP contribution in [0.3, 0.4) is 0 Å². The molecule has 168 valence electrons. The maximum absolute atomic E-state index is 14.9. The second-order valence-corrected chi connectivity index (χ2v) is 7.52. The van der Waals surface area contributed by atoms with Crippen molar-refractivity contribution >= 4 is 0 Å². The molecule has 1 aliphatic rings. The Labute approximate surface area is 171 Å². The van der Waals surface area contributed by atoms with Gasteiger partial charge in [-0.2, -0.15) is 0 Å². The second kappa shape index (κ2) is 16.5. The van der Waals surface area contributed by atoms with Gasteiger partial charge in [-0.1, -0.05) is 53.4 Å². The lowest BCUT2D eigenvalue weighted by molar-refractivity contribution is -0.293. The van der Waals surface area contributed by atoms with Gasteiger partial charge in [0.25, 0.3) is 0 Å². The highest BCUT2D eigenvalue weighted by Crippen LogP contribution is 2.30. The molecule has 0 bridgehead atoms. The summed E-state index contributed by atoms with van der Waals surface area (Å²) >= 11 is 0. The van der Waals surface area contributed by atoms with E-state index in [-0.39, 0.29) is 6.10 Å². The summed E-state index contributed by atoms with van der Waals surface area (Å²) in [5.41, 5.74) is 0. The molecular formula is C22H43FO5. The molecule has 28 heavy (non-hydrogen) atoms. The number of hydrogen-bond acceptors (Lipinski definition) is 5. The number of halogens is 1. The average molecular weight is 407 g/mol. The molecule has 1 saturated heterocycles. The average Bonchev–Trinajstić information content (AvgIpc) is 2.69. The quantitative estimate of drug-likeness (QED) is 0.316. The molecule has 0 radical (unpaired) electrons. The largest absolute Gasteiger partial charge is 0.379 e. The molecule has 1 unspecified atom stereocenters. The van der Waals surface area contributed by atoms with E-state index in [2.05, 4.69) is 27.7 Å². The first-order valence-electron chi connectivity index (χ1n) is 11.4. The van der Waals surface area contributed by atoms with Crippen LogP contribution in [-0.4, -0.2) is 63.8 Å². The van der Waals surface area contributed by atoms with E-state index in [1.54, 1.807) is 0 Å². The van der Waals surface area contributed by atoms with Gasteiger partial charge in [0.2, 0.25) is 6.36 Å². The van der Waals surface area contributed by atoms with Gasteiger partial charge in [-0.25, -0.2) is 4.39 Å². The minimum Gasteiger partial charge on any atom is -0.379 e. The summed E-state index contributed by atoms with van der Waals surface area (Å²) in [5, 5.41) is 0. The van der Waals surface area contributed by atoms with Gasteiger partial charge in [0.1, 0.15) is 24.4 Å². The molecule has 0 saturated carbocycles. The monoisotopic (exact) mass is 406 g/mol.